The number of benzene rings is 2. The fraction of sp³-hybridized carbons (Fsp3) is 0.188. The lowest BCUT2D eigenvalue weighted by atomic mass is 10.1. The second-order valence-corrected chi connectivity index (χ2v) is 5.12. The van der Waals surface area contributed by atoms with E-state index in [-0.39, 0.29) is 11.7 Å². The minimum Gasteiger partial charge on any atom is -0.380 e. The van der Waals surface area contributed by atoms with Crippen molar-refractivity contribution in [1.82, 2.24) is 5.32 Å². The van der Waals surface area contributed by atoms with E-state index in [1.807, 2.05) is 6.07 Å². The second-order valence-electron chi connectivity index (χ2n) is 4.71. The highest BCUT2D eigenvalue weighted by Gasteiger charge is 2.07. The molecule has 0 aliphatic heterocycles. The van der Waals surface area contributed by atoms with Crippen molar-refractivity contribution in [3.63, 3.8) is 0 Å². The van der Waals surface area contributed by atoms with Crippen LogP contribution < -0.4 is 10.6 Å². The number of amides is 1. The lowest BCUT2D eigenvalue weighted by molar-refractivity contribution is 0.0963. The Bertz CT molecular complexity index is 673. The fourth-order valence-corrected chi connectivity index (χ4v) is 2.07. The maximum atomic E-state index is 13.5. The summed E-state index contributed by atoms with van der Waals surface area (Å²) in [5.74, 6) is -0.421. The smallest absolute Gasteiger partial charge is 0.251 e. The third-order valence-electron chi connectivity index (χ3n) is 3.17. The van der Waals surface area contributed by atoms with E-state index in [0.29, 0.717) is 28.4 Å². The number of nitrogens with one attached hydrogen (secondary N) is 2. The van der Waals surface area contributed by atoms with Crippen molar-refractivity contribution in [1.29, 1.82) is 0 Å². The molecule has 0 spiro atoms. The number of carbonyl (C=O) groups is 1. The summed E-state index contributed by atoms with van der Waals surface area (Å²) in [4.78, 5) is 11.6. The van der Waals surface area contributed by atoms with Gasteiger partial charge in [0.2, 0.25) is 0 Å². The van der Waals surface area contributed by atoms with Gasteiger partial charge in [0.25, 0.3) is 5.91 Å². The maximum Gasteiger partial charge on any atom is 0.251 e. The number of anilines is 1. The average Bonchev–Trinajstić information content (AvgIpc) is 2.49. The molecule has 0 unspecified atom stereocenters. The number of hydrogen-bond acceptors (Lipinski definition) is 2. The molecule has 0 heterocycles. The van der Waals surface area contributed by atoms with E-state index in [4.69, 9.17) is 11.6 Å². The minimum absolute atomic E-state index is 0.184. The maximum absolute atomic E-state index is 13.5. The van der Waals surface area contributed by atoms with Crippen LogP contribution in [-0.2, 0) is 6.54 Å². The predicted octanol–water partition coefficient (Wildman–Crippen LogP) is 3.76. The van der Waals surface area contributed by atoms with Gasteiger partial charge < -0.3 is 10.6 Å². The van der Waals surface area contributed by atoms with Gasteiger partial charge in [-0.15, -0.1) is 0 Å². The average molecular weight is 307 g/mol. The standard InChI is InChI=1S/C16H16ClFN2O/c1-10-3-4-11(7-14(10)18)9-20-15-8-12(16(21)19-2)5-6-13(15)17/h3-8,20H,9H2,1-2H3,(H,19,21). The minimum atomic E-state index is -0.237. The largest absolute Gasteiger partial charge is 0.380 e. The molecular formula is C16H16ClFN2O. The summed E-state index contributed by atoms with van der Waals surface area (Å²) in [6.07, 6.45) is 0. The third-order valence-corrected chi connectivity index (χ3v) is 3.50. The van der Waals surface area contributed by atoms with Gasteiger partial charge in [0.15, 0.2) is 0 Å². The molecule has 2 aromatic carbocycles. The predicted molar refractivity (Wildman–Crippen MR) is 83.3 cm³/mol. The topological polar surface area (TPSA) is 41.1 Å². The number of hydrogen-bond donors (Lipinski definition) is 2. The normalized spacial score (nSPS) is 10.3. The molecule has 2 N–H and O–H groups in total. The molecule has 21 heavy (non-hydrogen) atoms. The quantitative estimate of drug-likeness (QED) is 0.903. The summed E-state index contributed by atoms with van der Waals surface area (Å²) in [7, 11) is 1.57. The van der Waals surface area contributed by atoms with Gasteiger partial charge in [-0.2, -0.15) is 0 Å². The Morgan fingerprint density at radius 1 is 1.24 bits per heavy atom. The van der Waals surface area contributed by atoms with Gasteiger partial charge in [0.1, 0.15) is 5.82 Å². The lowest BCUT2D eigenvalue weighted by Crippen LogP contribution is -2.17. The molecule has 0 atom stereocenters. The molecule has 2 rings (SSSR count). The number of aryl methyl sites for hydroxylation is 1. The van der Waals surface area contributed by atoms with Crippen LogP contribution in [0, 0.1) is 12.7 Å². The van der Waals surface area contributed by atoms with Crippen molar-refractivity contribution in [3.8, 4) is 0 Å². The number of rotatable bonds is 4. The molecular weight excluding hydrogens is 291 g/mol. The zero-order chi connectivity index (χ0) is 15.4. The molecule has 5 heteroatoms. The number of carbonyl (C=O) groups excluding carboxylic acids is 1. The van der Waals surface area contributed by atoms with Crippen molar-refractivity contribution in [3.05, 3.63) is 63.9 Å². The molecule has 0 bridgehead atoms. The molecule has 0 saturated heterocycles. The monoisotopic (exact) mass is 306 g/mol. The highest BCUT2D eigenvalue weighted by Crippen LogP contribution is 2.24. The van der Waals surface area contributed by atoms with E-state index in [2.05, 4.69) is 10.6 Å². The highest BCUT2D eigenvalue weighted by molar-refractivity contribution is 6.33. The summed E-state index contributed by atoms with van der Waals surface area (Å²) in [6.45, 7) is 2.14. The Labute approximate surface area is 128 Å². The van der Waals surface area contributed by atoms with Crippen molar-refractivity contribution in [2.45, 2.75) is 13.5 Å². The zero-order valence-electron chi connectivity index (χ0n) is 11.8. The molecule has 0 aromatic heterocycles. The first kappa shape index (κ1) is 15.3. The first-order chi connectivity index (χ1) is 10.0. The van der Waals surface area contributed by atoms with Crippen molar-refractivity contribution >= 4 is 23.2 Å². The van der Waals surface area contributed by atoms with Gasteiger partial charge in [-0.3, -0.25) is 4.79 Å². The summed E-state index contributed by atoms with van der Waals surface area (Å²) in [5.41, 5.74) is 2.57. The molecule has 0 aliphatic carbocycles. The Morgan fingerprint density at radius 2 is 2.00 bits per heavy atom. The van der Waals surface area contributed by atoms with Crippen LogP contribution in [0.25, 0.3) is 0 Å². The molecule has 0 aliphatic rings. The summed E-state index contributed by atoms with van der Waals surface area (Å²) in [5, 5.41) is 6.18. The van der Waals surface area contributed by atoms with Crippen LogP contribution in [0.4, 0.5) is 10.1 Å². The zero-order valence-corrected chi connectivity index (χ0v) is 12.6. The van der Waals surface area contributed by atoms with Gasteiger partial charge in [-0.1, -0.05) is 23.7 Å². The Morgan fingerprint density at radius 3 is 2.67 bits per heavy atom. The van der Waals surface area contributed by atoms with Crippen LogP contribution in [0.1, 0.15) is 21.5 Å². The highest BCUT2D eigenvalue weighted by atomic mass is 35.5. The van der Waals surface area contributed by atoms with E-state index < -0.39 is 0 Å². The molecule has 0 radical (unpaired) electrons. The summed E-state index contributed by atoms with van der Waals surface area (Å²) >= 11 is 6.10. The molecule has 110 valence electrons. The summed E-state index contributed by atoms with van der Waals surface area (Å²) < 4.78 is 13.5. The van der Waals surface area contributed by atoms with Gasteiger partial charge in [0.05, 0.1) is 10.7 Å². The number of halogens is 2. The van der Waals surface area contributed by atoms with Crippen LogP contribution in [0.5, 0.6) is 0 Å². The van der Waals surface area contributed by atoms with Crippen LogP contribution in [0.15, 0.2) is 36.4 Å². The van der Waals surface area contributed by atoms with Crippen molar-refractivity contribution < 1.29 is 9.18 Å². The van der Waals surface area contributed by atoms with E-state index in [1.54, 1.807) is 38.2 Å². The lowest BCUT2D eigenvalue weighted by Gasteiger charge is -2.11. The summed E-state index contributed by atoms with van der Waals surface area (Å²) in [6, 6.07) is 10.0. The van der Waals surface area contributed by atoms with E-state index in [0.717, 1.165) is 5.56 Å². The van der Waals surface area contributed by atoms with Crippen LogP contribution >= 0.6 is 11.6 Å². The molecule has 0 fully saturated rings. The SMILES string of the molecule is CNC(=O)c1ccc(Cl)c(NCc2ccc(C)c(F)c2)c1. The van der Waals surface area contributed by atoms with E-state index in [9.17, 15) is 9.18 Å². The molecule has 2 aromatic rings. The Balaban J connectivity index is 2.15. The fourth-order valence-electron chi connectivity index (χ4n) is 1.89. The van der Waals surface area contributed by atoms with Crippen LogP contribution in [0.3, 0.4) is 0 Å². The van der Waals surface area contributed by atoms with Crippen LogP contribution in [0.2, 0.25) is 5.02 Å². The molecule has 3 nitrogen and oxygen atoms in total. The Hall–Kier alpha value is -2.07. The Kier molecular flexibility index (Phi) is 4.81. The van der Waals surface area contributed by atoms with E-state index in [1.165, 1.54) is 6.07 Å². The van der Waals surface area contributed by atoms with Crippen LogP contribution in [-0.4, -0.2) is 13.0 Å². The molecule has 0 saturated carbocycles. The second kappa shape index (κ2) is 6.59. The van der Waals surface area contributed by atoms with E-state index >= 15 is 0 Å². The van der Waals surface area contributed by atoms with Crippen molar-refractivity contribution in [2.24, 2.45) is 0 Å². The first-order valence-electron chi connectivity index (χ1n) is 6.52. The van der Waals surface area contributed by atoms with Gasteiger partial charge >= 0.3 is 0 Å². The van der Waals surface area contributed by atoms with Gasteiger partial charge in [0, 0.05) is 19.2 Å². The third kappa shape index (κ3) is 3.73. The first-order valence-corrected chi connectivity index (χ1v) is 6.89. The molecule has 1 amide bonds. The van der Waals surface area contributed by atoms with Crippen molar-refractivity contribution in [2.75, 3.05) is 12.4 Å². The van der Waals surface area contributed by atoms with Gasteiger partial charge in [-0.05, 0) is 42.3 Å². The van der Waals surface area contributed by atoms with Gasteiger partial charge in [-0.25, -0.2) is 4.39 Å².